The van der Waals surface area contributed by atoms with Crippen molar-refractivity contribution in [1.29, 1.82) is 0 Å². The highest BCUT2D eigenvalue weighted by Crippen LogP contribution is 2.34. The van der Waals surface area contributed by atoms with E-state index in [2.05, 4.69) is 79.6 Å². The van der Waals surface area contributed by atoms with Crippen molar-refractivity contribution in [2.75, 3.05) is 54.8 Å². The Bertz CT molecular complexity index is 1400. The van der Waals surface area contributed by atoms with Crippen LogP contribution >= 0.6 is 0 Å². The molecule has 1 aliphatic heterocycles. The number of nitrogens with one attached hydrogen (secondary N) is 2. The minimum Gasteiger partial charge on any atom is -0.393 e. The van der Waals surface area contributed by atoms with E-state index in [0.29, 0.717) is 18.3 Å². The van der Waals surface area contributed by atoms with Gasteiger partial charge in [-0.15, -0.1) is 0 Å². The van der Waals surface area contributed by atoms with Crippen LogP contribution in [0.15, 0.2) is 60.9 Å². The number of nitrogens with zero attached hydrogens (tertiary/aromatic N) is 6. The molecule has 0 bridgehead atoms. The number of anilines is 4. The van der Waals surface area contributed by atoms with Gasteiger partial charge in [0.25, 0.3) is 0 Å². The molecule has 5 N–H and O–H groups in total. The van der Waals surface area contributed by atoms with Crippen LogP contribution in [0.4, 0.5) is 23.1 Å². The third-order valence-electron chi connectivity index (χ3n) is 8.22. The minimum atomic E-state index is -0.268. The van der Waals surface area contributed by atoms with Crippen molar-refractivity contribution >= 4 is 34.3 Å². The zero-order valence-corrected chi connectivity index (χ0v) is 23.6. The SMILES string of the molecule is NCCCCNc1nc(Nc2ccc(N3CCN(Cc4ccccc4)CC3)cc2)c2ncn(C3CCC(O)C3)c2n1. The number of aliphatic hydroxyl groups excluding tert-OH is 1. The van der Waals surface area contributed by atoms with Crippen LogP contribution in [-0.4, -0.2) is 74.9 Å². The predicted molar refractivity (Wildman–Crippen MR) is 165 cm³/mol. The van der Waals surface area contributed by atoms with Gasteiger partial charge in [0.1, 0.15) is 0 Å². The molecule has 3 heterocycles. The lowest BCUT2D eigenvalue weighted by Crippen LogP contribution is -2.45. The van der Waals surface area contributed by atoms with Gasteiger partial charge in [0.15, 0.2) is 17.0 Å². The van der Waals surface area contributed by atoms with Gasteiger partial charge in [-0.05, 0) is 68.5 Å². The summed E-state index contributed by atoms with van der Waals surface area (Å²) in [7, 11) is 0. The van der Waals surface area contributed by atoms with E-state index in [0.717, 1.165) is 88.2 Å². The van der Waals surface area contributed by atoms with E-state index < -0.39 is 0 Å². The number of imidazole rings is 1. The van der Waals surface area contributed by atoms with Crippen LogP contribution in [0.25, 0.3) is 11.2 Å². The quantitative estimate of drug-likeness (QED) is 0.203. The Morgan fingerprint density at radius 3 is 2.46 bits per heavy atom. The molecular weight excluding hydrogens is 514 g/mol. The average Bonchev–Trinajstić information content (AvgIpc) is 3.63. The number of unbranched alkanes of at least 4 members (excludes halogenated alkanes) is 1. The van der Waals surface area contributed by atoms with E-state index in [9.17, 15) is 5.11 Å². The van der Waals surface area contributed by atoms with Crippen LogP contribution in [0.2, 0.25) is 0 Å². The highest BCUT2D eigenvalue weighted by atomic mass is 16.3. The second-order valence-corrected chi connectivity index (χ2v) is 11.2. The molecule has 1 saturated heterocycles. The Balaban J connectivity index is 1.15. The van der Waals surface area contributed by atoms with Crippen LogP contribution in [-0.2, 0) is 6.54 Å². The molecule has 1 aliphatic carbocycles. The molecule has 2 aromatic heterocycles. The highest BCUT2D eigenvalue weighted by molar-refractivity contribution is 5.86. The van der Waals surface area contributed by atoms with E-state index in [-0.39, 0.29) is 12.1 Å². The van der Waals surface area contributed by atoms with Crippen molar-refractivity contribution in [2.24, 2.45) is 5.73 Å². The first-order valence-electron chi connectivity index (χ1n) is 14.9. The largest absolute Gasteiger partial charge is 0.393 e. The number of hydrogen-bond donors (Lipinski definition) is 4. The maximum absolute atomic E-state index is 10.1. The Morgan fingerprint density at radius 2 is 1.73 bits per heavy atom. The lowest BCUT2D eigenvalue weighted by Gasteiger charge is -2.36. The molecule has 2 aromatic carbocycles. The normalized spacial score (nSPS) is 19.6. The van der Waals surface area contributed by atoms with Crippen molar-refractivity contribution in [2.45, 2.75) is 50.8 Å². The summed E-state index contributed by atoms with van der Waals surface area (Å²) in [5, 5.41) is 17.0. The number of aromatic nitrogens is 4. The Kier molecular flexibility index (Phi) is 8.60. The van der Waals surface area contributed by atoms with Crippen LogP contribution < -0.4 is 21.3 Å². The molecule has 4 aromatic rings. The van der Waals surface area contributed by atoms with Gasteiger partial charge in [0, 0.05) is 56.7 Å². The fourth-order valence-corrected chi connectivity index (χ4v) is 5.90. The number of aliphatic hydroxyl groups is 1. The third kappa shape index (κ3) is 6.61. The second kappa shape index (κ2) is 12.8. The van der Waals surface area contributed by atoms with Crippen molar-refractivity contribution in [1.82, 2.24) is 24.4 Å². The van der Waals surface area contributed by atoms with Gasteiger partial charge < -0.3 is 30.9 Å². The Hall–Kier alpha value is -3.73. The summed E-state index contributed by atoms with van der Waals surface area (Å²) >= 11 is 0. The van der Waals surface area contributed by atoms with Crippen LogP contribution in [0.5, 0.6) is 0 Å². The van der Waals surface area contributed by atoms with E-state index in [4.69, 9.17) is 20.7 Å². The first kappa shape index (κ1) is 27.4. The maximum Gasteiger partial charge on any atom is 0.226 e. The van der Waals surface area contributed by atoms with Crippen molar-refractivity contribution in [3.63, 3.8) is 0 Å². The lowest BCUT2D eigenvalue weighted by atomic mass is 10.2. The standard InChI is InChI=1S/C31H41N9O/c32-14-4-5-15-33-31-36-29(28-30(37-31)40(22-34-28)26-12-13-27(41)20-26)35-24-8-10-25(11-9-24)39-18-16-38(17-19-39)21-23-6-2-1-3-7-23/h1-3,6-11,22,26-27,41H,4-5,12-21,32H2,(H2,33,35,36,37). The summed E-state index contributed by atoms with van der Waals surface area (Å²) in [6.45, 7) is 6.56. The third-order valence-corrected chi connectivity index (χ3v) is 8.22. The summed E-state index contributed by atoms with van der Waals surface area (Å²) in [5.74, 6) is 1.25. The van der Waals surface area contributed by atoms with Crippen molar-refractivity contribution < 1.29 is 5.11 Å². The molecular formula is C31H41N9O. The maximum atomic E-state index is 10.1. The molecule has 10 heteroatoms. The molecule has 0 amide bonds. The van der Waals surface area contributed by atoms with Gasteiger partial charge in [-0.2, -0.15) is 9.97 Å². The number of hydrogen-bond acceptors (Lipinski definition) is 9. The molecule has 41 heavy (non-hydrogen) atoms. The molecule has 10 nitrogen and oxygen atoms in total. The van der Waals surface area contributed by atoms with Crippen LogP contribution in [0, 0.1) is 0 Å². The van der Waals surface area contributed by atoms with Gasteiger partial charge in [0.05, 0.1) is 12.4 Å². The fourth-order valence-electron chi connectivity index (χ4n) is 5.90. The number of fused-ring (bicyclic) bond motifs is 1. The van der Waals surface area contributed by atoms with Crippen molar-refractivity contribution in [3.8, 4) is 0 Å². The zero-order valence-electron chi connectivity index (χ0n) is 23.6. The van der Waals surface area contributed by atoms with Crippen LogP contribution in [0.1, 0.15) is 43.7 Å². The molecule has 1 saturated carbocycles. The first-order chi connectivity index (χ1) is 20.2. The molecule has 0 radical (unpaired) electrons. The fraction of sp³-hybridized carbons (Fsp3) is 0.452. The van der Waals surface area contributed by atoms with Gasteiger partial charge in [-0.25, -0.2) is 4.98 Å². The van der Waals surface area contributed by atoms with E-state index in [1.54, 1.807) is 0 Å². The van der Waals surface area contributed by atoms with Gasteiger partial charge >= 0.3 is 0 Å². The zero-order chi connectivity index (χ0) is 28.0. The highest BCUT2D eigenvalue weighted by Gasteiger charge is 2.27. The summed E-state index contributed by atoms with van der Waals surface area (Å²) in [4.78, 5) is 19.3. The summed E-state index contributed by atoms with van der Waals surface area (Å²) in [6.07, 6.45) is 5.92. The Morgan fingerprint density at radius 1 is 0.927 bits per heavy atom. The molecule has 216 valence electrons. The first-order valence-corrected chi connectivity index (χ1v) is 14.9. The molecule has 0 spiro atoms. The number of nitrogens with two attached hydrogens (primary N) is 1. The monoisotopic (exact) mass is 555 g/mol. The molecule has 6 rings (SSSR count). The summed E-state index contributed by atoms with van der Waals surface area (Å²) < 4.78 is 2.10. The number of benzene rings is 2. The molecule has 2 fully saturated rings. The van der Waals surface area contributed by atoms with Gasteiger partial charge in [-0.3, -0.25) is 4.90 Å². The van der Waals surface area contributed by atoms with E-state index >= 15 is 0 Å². The van der Waals surface area contributed by atoms with Gasteiger partial charge in [0.2, 0.25) is 5.95 Å². The lowest BCUT2D eigenvalue weighted by molar-refractivity contribution is 0.178. The molecule has 2 unspecified atom stereocenters. The Labute approximate surface area is 241 Å². The predicted octanol–water partition coefficient (Wildman–Crippen LogP) is 4.13. The topological polar surface area (TPSA) is 120 Å². The van der Waals surface area contributed by atoms with Gasteiger partial charge in [-0.1, -0.05) is 30.3 Å². The summed E-state index contributed by atoms with van der Waals surface area (Å²) in [6, 6.07) is 19.5. The molecule has 2 aliphatic rings. The second-order valence-electron chi connectivity index (χ2n) is 11.2. The van der Waals surface area contributed by atoms with E-state index in [1.165, 1.54) is 11.3 Å². The average molecular weight is 556 g/mol. The smallest absolute Gasteiger partial charge is 0.226 e. The molecule has 2 atom stereocenters. The summed E-state index contributed by atoms with van der Waals surface area (Å²) in [5.41, 5.74) is 10.7. The number of piperazine rings is 1. The van der Waals surface area contributed by atoms with Crippen molar-refractivity contribution in [3.05, 3.63) is 66.5 Å². The van der Waals surface area contributed by atoms with Crippen LogP contribution in [0.3, 0.4) is 0 Å². The van der Waals surface area contributed by atoms with E-state index in [1.807, 2.05) is 6.33 Å². The minimum absolute atomic E-state index is 0.190. The number of rotatable bonds is 11.